The fourth-order valence-corrected chi connectivity index (χ4v) is 1.51. The van der Waals surface area contributed by atoms with Gasteiger partial charge in [-0.3, -0.25) is 9.59 Å². The number of carboxylic acid groups (broad SMARTS) is 1. The van der Waals surface area contributed by atoms with Gasteiger partial charge in [-0.1, -0.05) is 0 Å². The number of rotatable bonds is 6. The van der Waals surface area contributed by atoms with E-state index < -0.39 is 5.97 Å². The molecule has 15 heavy (non-hydrogen) atoms. The van der Waals surface area contributed by atoms with Gasteiger partial charge in [0.15, 0.2) is 0 Å². The molecule has 1 saturated carbocycles. The van der Waals surface area contributed by atoms with Gasteiger partial charge in [-0.15, -0.1) is 0 Å². The van der Waals surface area contributed by atoms with Crippen molar-refractivity contribution in [1.82, 2.24) is 5.32 Å². The van der Waals surface area contributed by atoms with Gasteiger partial charge in [-0.05, 0) is 20.3 Å². The maximum absolute atomic E-state index is 11.5. The van der Waals surface area contributed by atoms with Crippen molar-refractivity contribution in [2.75, 3.05) is 6.61 Å². The summed E-state index contributed by atoms with van der Waals surface area (Å²) in [7, 11) is 0. The Balaban J connectivity index is 2.22. The third-order valence-electron chi connectivity index (χ3n) is 2.32. The summed E-state index contributed by atoms with van der Waals surface area (Å²) in [5.74, 6) is -1.08. The molecule has 86 valence electrons. The maximum Gasteiger partial charge on any atom is 0.305 e. The number of ether oxygens (including phenoxy) is 1. The lowest BCUT2D eigenvalue weighted by Crippen LogP contribution is -2.36. The Morgan fingerprint density at radius 3 is 2.80 bits per heavy atom. The lowest BCUT2D eigenvalue weighted by atomic mass is 10.2. The van der Waals surface area contributed by atoms with Gasteiger partial charge in [0.1, 0.15) is 0 Å². The quantitative estimate of drug-likeness (QED) is 0.672. The molecule has 0 saturated heterocycles. The smallest absolute Gasteiger partial charge is 0.305 e. The first kappa shape index (κ1) is 12.0. The molecule has 1 rings (SSSR count). The molecule has 0 aromatic heterocycles. The molecule has 1 aliphatic rings. The van der Waals surface area contributed by atoms with Crippen molar-refractivity contribution < 1.29 is 19.4 Å². The topological polar surface area (TPSA) is 75.6 Å². The van der Waals surface area contributed by atoms with Crippen molar-refractivity contribution in [1.29, 1.82) is 0 Å². The van der Waals surface area contributed by atoms with Gasteiger partial charge in [0.25, 0.3) is 0 Å². The van der Waals surface area contributed by atoms with Crippen molar-refractivity contribution >= 4 is 11.9 Å². The number of carboxylic acids is 1. The molecular weight excluding hydrogens is 198 g/mol. The van der Waals surface area contributed by atoms with Crippen molar-refractivity contribution in [3.8, 4) is 0 Å². The Bertz CT molecular complexity index is 254. The van der Waals surface area contributed by atoms with Crippen LogP contribution in [0.25, 0.3) is 0 Å². The second-order valence-electron chi connectivity index (χ2n) is 3.84. The third-order valence-corrected chi connectivity index (χ3v) is 2.32. The van der Waals surface area contributed by atoms with Gasteiger partial charge in [0, 0.05) is 12.6 Å². The van der Waals surface area contributed by atoms with E-state index in [4.69, 9.17) is 9.84 Å². The zero-order valence-electron chi connectivity index (χ0n) is 9.03. The first-order valence-electron chi connectivity index (χ1n) is 5.18. The number of hydrogen-bond acceptors (Lipinski definition) is 3. The molecule has 0 radical (unpaired) electrons. The van der Waals surface area contributed by atoms with Crippen LogP contribution in [-0.4, -0.2) is 35.7 Å². The van der Waals surface area contributed by atoms with E-state index >= 15 is 0 Å². The molecule has 0 aliphatic heterocycles. The van der Waals surface area contributed by atoms with Crippen molar-refractivity contribution in [3.63, 3.8) is 0 Å². The number of nitrogens with one attached hydrogen (secondary N) is 1. The third kappa shape index (κ3) is 3.87. The van der Waals surface area contributed by atoms with Gasteiger partial charge in [0.2, 0.25) is 5.91 Å². The predicted octanol–water partition coefficient (Wildman–Crippen LogP) is 0.391. The minimum Gasteiger partial charge on any atom is -0.481 e. The molecule has 0 aromatic rings. The van der Waals surface area contributed by atoms with Gasteiger partial charge in [-0.25, -0.2) is 0 Å². The van der Waals surface area contributed by atoms with E-state index in [1.165, 1.54) is 0 Å². The lowest BCUT2D eigenvalue weighted by molar-refractivity contribution is -0.137. The fraction of sp³-hybridized carbons (Fsp3) is 0.800. The minimum atomic E-state index is -0.903. The van der Waals surface area contributed by atoms with Crippen LogP contribution in [0.2, 0.25) is 0 Å². The highest BCUT2D eigenvalue weighted by Crippen LogP contribution is 2.33. The summed E-state index contributed by atoms with van der Waals surface area (Å²) in [6, 6.07) is -0.321. The Hall–Kier alpha value is -1.10. The Labute approximate surface area is 88.8 Å². The predicted molar refractivity (Wildman–Crippen MR) is 53.4 cm³/mol. The van der Waals surface area contributed by atoms with E-state index in [0.29, 0.717) is 6.61 Å². The Kier molecular flexibility index (Phi) is 4.08. The summed E-state index contributed by atoms with van der Waals surface area (Å²) in [6.45, 7) is 4.18. The molecule has 5 nitrogen and oxygen atoms in total. The van der Waals surface area contributed by atoms with E-state index in [1.807, 2.05) is 6.92 Å². The second kappa shape index (κ2) is 5.11. The van der Waals surface area contributed by atoms with Crippen LogP contribution in [0.15, 0.2) is 0 Å². The van der Waals surface area contributed by atoms with Crippen molar-refractivity contribution in [3.05, 3.63) is 0 Å². The summed E-state index contributed by atoms with van der Waals surface area (Å²) in [4.78, 5) is 21.9. The van der Waals surface area contributed by atoms with E-state index in [9.17, 15) is 9.59 Å². The highest BCUT2D eigenvalue weighted by atomic mass is 16.5. The second-order valence-corrected chi connectivity index (χ2v) is 3.84. The summed E-state index contributed by atoms with van der Waals surface area (Å²) in [6.07, 6.45) is 0.740. The average Bonchev–Trinajstić information content (AvgIpc) is 2.82. The number of carbonyl (C=O) groups excluding carboxylic acids is 1. The normalized spacial score (nSPS) is 25.7. The monoisotopic (exact) mass is 215 g/mol. The first-order chi connectivity index (χ1) is 7.04. The van der Waals surface area contributed by atoms with E-state index in [-0.39, 0.29) is 30.4 Å². The van der Waals surface area contributed by atoms with Gasteiger partial charge >= 0.3 is 5.97 Å². The Morgan fingerprint density at radius 2 is 2.27 bits per heavy atom. The van der Waals surface area contributed by atoms with Crippen LogP contribution in [0, 0.1) is 5.92 Å². The van der Waals surface area contributed by atoms with Crippen molar-refractivity contribution in [2.24, 2.45) is 5.92 Å². The SMILES string of the molecule is CCOC1CC1C(=O)NC(C)CC(=O)O. The molecule has 1 fully saturated rings. The molecule has 0 heterocycles. The molecule has 2 N–H and O–H groups in total. The van der Waals surface area contributed by atoms with Crippen LogP contribution in [0.5, 0.6) is 0 Å². The van der Waals surface area contributed by atoms with Crippen LogP contribution < -0.4 is 5.32 Å². The van der Waals surface area contributed by atoms with Crippen molar-refractivity contribution in [2.45, 2.75) is 38.8 Å². The molecule has 3 unspecified atom stereocenters. The van der Waals surface area contributed by atoms with Gasteiger partial charge < -0.3 is 15.2 Å². The Morgan fingerprint density at radius 1 is 1.60 bits per heavy atom. The number of hydrogen-bond donors (Lipinski definition) is 2. The van der Waals surface area contributed by atoms with Crippen LogP contribution in [0.3, 0.4) is 0 Å². The molecule has 0 spiro atoms. The molecule has 1 amide bonds. The van der Waals surface area contributed by atoms with E-state index in [0.717, 1.165) is 6.42 Å². The molecule has 3 atom stereocenters. The molecule has 0 bridgehead atoms. The summed E-state index contributed by atoms with van der Waals surface area (Å²) in [5.41, 5.74) is 0. The van der Waals surface area contributed by atoms with Gasteiger partial charge in [0.05, 0.1) is 18.4 Å². The fourth-order valence-electron chi connectivity index (χ4n) is 1.51. The zero-order valence-corrected chi connectivity index (χ0v) is 9.03. The highest BCUT2D eigenvalue weighted by molar-refractivity contribution is 5.82. The molecular formula is C10H17NO4. The summed E-state index contributed by atoms with van der Waals surface area (Å²) >= 11 is 0. The van der Waals surface area contributed by atoms with E-state index in [2.05, 4.69) is 5.32 Å². The minimum absolute atomic E-state index is 0.0343. The summed E-state index contributed by atoms with van der Waals surface area (Å²) < 4.78 is 5.27. The van der Waals surface area contributed by atoms with Crippen LogP contribution in [0.1, 0.15) is 26.7 Å². The van der Waals surface area contributed by atoms with E-state index in [1.54, 1.807) is 6.92 Å². The number of aliphatic carboxylic acids is 1. The molecule has 5 heteroatoms. The molecule has 1 aliphatic carbocycles. The van der Waals surface area contributed by atoms with Crippen LogP contribution in [0.4, 0.5) is 0 Å². The number of carbonyl (C=O) groups is 2. The van der Waals surface area contributed by atoms with Gasteiger partial charge in [-0.2, -0.15) is 0 Å². The average molecular weight is 215 g/mol. The molecule has 0 aromatic carbocycles. The highest BCUT2D eigenvalue weighted by Gasteiger charge is 2.44. The maximum atomic E-state index is 11.5. The zero-order chi connectivity index (χ0) is 11.4. The largest absolute Gasteiger partial charge is 0.481 e. The number of amides is 1. The standard InChI is InChI=1S/C10H17NO4/c1-3-15-8-5-7(8)10(14)11-6(2)4-9(12)13/h6-8H,3-5H2,1-2H3,(H,11,14)(H,12,13). The van der Waals surface area contributed by atoms with Crippen LogP contribution >= 0.6 is 0 Å². The first-order valence-corrected chi connectivity index (χ1v) is 5.18. The van der Waals surface area contributed by atoms with Crippen LogP contribution in [-0.2, 0) is 14.3 Å². The lowest BCUT2D eigenvalue weighted by Gasteiger charge is -2.11. The summed E-state index contributed by atoms with van der Waals surface area (Å²) in [5, 5.41) is 11.2.